The summed E-state index contributed by atoms with van der Waals surface area (Å²) in [5.41, 5.74) is 7.45. The van der Waals surface area contributed by atoms with Gasteiger partial charge in [0.05, 0.1) is 0 Å². The molecular weight excluding hydrogens is 244 g/mol. The van der Waals surface area contributed by atoms with Crippen molar-refractivity contribution in [2.75, 3.05) is 19.6 Å². The van der Waals surface area contributed by atoms with Crippen LogP contribution < -0.4 is 5.73 Å². The first-order valence-electron chi connectivity index (χ1n) is 8.19. The average molecular weight is 274 g/mol. The molecule has 1 atom stereocenters. The number of nitrogens with zero attached hydrogens (tertiary/aromatic N) is 1. The second kappa shape index (κ2) is 7.80. The Morgan fingerprint density at radius 1 is 1.10 bits per heavy atom. The fraction of sp³-hybridized carbons (Fsp3) is 0.667. The first-order valence-corrected chi connectivity index (χ1v) is 8.19. The Balaban J connectivity index is 2.04. The van der Waals surface area contributed by atoms with Crippen LogP contribution in [0.2, 0.25) is 0 Å². The van der Waals surface area contributed by atoms with Crippen LogP contribution in [0.25, 0.3) is 0 Å². The van der Waals surface area contributed by atoms with Crippen molar-refractivity contribution in [2.24, 2.45) is 11.7 Å². The zero-order valence-electron chi connectivity index (χ0n) is 13.1. The van der Waals surface area contributed by atoms with Crippen molar-refractivity contribution in [1.82, 2.24) is 4.90 Å². The molecule has 0 saturated heterocycles. The lowest BCUT2D eigenvalue weighted by Gasteiger charge is -2.33. The van der Waals surface area contributed by atoms with Gasteiger partial charge in [0.2, 0.25) is 0 Å². The number of nitrogens with two attached hydrogens (primary N) is 1. The topological polar surface area (TPSA) is 29.3 Å². The van der Waals surface area contributed by atoms with E-state index in [1.54, 1.807) is 0 Å². The third kappa shape index (κ3) is 4.32. The molecule has 0 aromatic heterocycles. The molecule has 1 aromatic carbocycles. The number of rotatable bonds is 7. The molecule has 1 aromatic rings. The third-order valence-corrected chi connectivity index (χ3v) is 4.45. The molecule has 0 radical (unpaired) electrons. The van der Waals surface area contributed by atoms with E-state index in [2.05, 4.69) is 49.1 Å². The van der Waals surface area contributed by atoms with Crippen molar-refractivity contribution >= 4 is 0 Å². The summed E-state index contributed by atoms with van der Waals surface area (Å²) >= 11 is 0. The standard InChI is InChI=1S/C18H30N2/c1-15(2)13-20(18-10-6-7-11-18)14-17(12-19)16-8-4-3-5-9-16/h3-5,8-9,15,17-18H,6-7,10-14,19H2,1-2H3. The Labute approximate surface area is 124 Å². The summed E-state index contributed by atoms with van der Waals surface area (Å²) in [7, 11) is 0. The van der Waals surface area contributed by atoms with Gasteiger partial charge in [-0.25, -0.2) is 0 Å². The minimum atomic E-state index is 0.468. The highest BCUT2D eigenvalue weighted by Crippen LogP contribution is 2.27. The van der Waals surface area contributed by atoms with Crippen LogP contribution in [-0.4, -0.2) is 30.6 Å². The molecule has 1 unspecified atom stereocenters. The maximum absolute atomic E-state index is 6.06. The molecule has 0 aliphatic heterocycles. The van der Waals surface area contributed by atoms with Crippen LogP contribution in [0.4, 0.5) is 0 Å². The molecule has 1 fully saturated rings. The second-order valence-electron chi connectivity index (χ2n) is 6.63. The quantitative estimate of drug-likeness (QED) is 0.822. The van der Waals surface area contributed by atoms with Gasteiger partial charge in [0.1, 0.15) is 0 Å². The molecule has 1 aliphatic carbocycles. The monoisotopic (exact) mass is 274 g/mol. The van der Waals surface area contributed by atoms with Gasteiger partial charge in [0.25, 0.3) is 0 Å². The van der Waals surface area contributed by atoms with Gasteiger partial charge in [-0.05, 0) is 24.3 Å². The van der Waals surface area contributed by atoms with E-state index in [4.69, 9.17) is 5.73 Å². The van der Waals surface area contributed by atoms with Gasteiger partial charge in [-0.1, -0.05) is 57.0 Å². The summed E-state index contributed by atoms with van der Waals surface area (Å²) in [6, 6.07) is 11.6. The molecule has 1 aliphatic rings. The van der Waals surface area contributed by atoms with Gasteiger partial charge < -0.3 is 5.73 Å². The van der Waals surface area contributed by atoms with Crippen molar-refractivity contribution in [2.45, 2.75) is 51.5 Å². The maximum Gasteiger partial charge on any atom is 0.00956 e. The molecule has 2 rings (SSSR count). The van der Waals surface area contributed by atoms with Crippen molar-refractivity contribution in [3.05, 3.63) is 35.9 Å². The zero-order valence-corrected chi connectivity index (χ0v) is 13.1. The van der Waals surface area contributed by atoms with Gasteiger partial charge in [0.15, 0.2) is 0 Å². The normalized spacial score (nSPS) is 18.1. The summed E-state index contributed by atoms with van der Waals surface area (Å²) in [5, 5.41) is 0. The molecule has 2 nitrogen and oxygen atoms in total. The summed E-state index contributed by atoms with van der Waals surface area (Å²) in [5.74, 6) is 1.19. The van der Waals surface area contributed by atoms with Crippen LogP contribution in [0, 0.1) is 5.92 Å². The summed E-state index contributed by atoms with van der Waals surface area (Å²) < 4.78 is 0. The second-order valence-corrected chi connectivity index (χ2v) is 6.63. The Kier molecular flexibility index (Phi) is 6.06. The van der Waals surface area contributed by atoms with Crippen LogP contribution in [0.5, 0.6) is 0 Å². The zero-order chi connectivity index (χ0) is 14.4. The van der Waals surface area contributed by atoms with E-state index in [-0.39, 0.29) is 0 Å². The maximum atomic E-state index is 6.06. The number of benzene rings is 1. The molecule has 0 bridgehead atoms. The number of hydrogen-bond donors (Lipinski definition) is 1. The van der Waals surface area contributed by atoms with Gasteiger partial charge in [-0.3, -0.25) is 4.90 Å². The summed E-state index contributed by atoms with van der Waals surface area (Å²) in [6.07, 6.45) is 5.55. The largest absolute Gasteiger partial charge is 0.330 e. The van der Waals surface area contributed by atoms with Gasteiger partial charge in [-0.2, -0.15) is 0 Å². The lowest BCUT2D eigenvalue weighted by molar-refractivity contribution is 0.167. The van der Waals surface area contributed by atoms with Crippen LogP contribution >= 0.6 is 0 Å². The first kappa shape index (κ1) is 15.5. The molecule has 20 heavy (non-hydrogen) atoms. The van der Waals surface area contributed by atoms with E-state index in [9.17, 15) is 0 Å². The minimum absolute atomic E-state index is 0.468. The highest BCUT2D eigenvalue weighted by molar-refractivity contribution is 5.20. The molecule has 112 valence electrons. The first-order chi connectivity index (χ1) is 9.70. The SMILES string of the molecule is CC(C)CN(CC(CN)c1ccccc1)C1CCCC1. The molecule has 0 amide bonds. The summed E-state index contributed by atoms with van der Waals surface area (Å²) in [4.78, 5) is 2.71. The molecule has 1 saturated carbocycles. The molecule has 2 N–H and O–H groups in total. The molecule has 0 heterocycles. The number of hydrogen-bond acceptors (Lipinski definition) is 2. The van der Waals surface area contributed by atoms with Crippen molar-refractivity contribution < 1.29 is 0 Å². The van der Waals surface area contributed by atoms with Gasteiger partial charge in [0, 0.05) is 31.6 Å². The van der Waals surface area contributed by atoms with E-state index in [1.807, 2.05) is 0 Å². The average Bonchev–Trinajstić information content (AvgIpc) is 2.98. The fourth-order valence-electron chi connectivity index (χ4n) is 3.44. The minimum Gasteiger partial charge on any atom is -0.330 e. The van der Waals surface area contributed by atoms with Crippen molar-refractivity contribution in [3.63, 3.8) is 0 Å². The highest BCUT2D eigenvalue weighted by atomic mass is 15.2. The molecule has 0 spiro atoms. The van der Waals surface area contributed by atoms with Crippen molar-refractivity contribution in [1.29, 1.82) is 0 Å². The smallest absolute Gasteiger partial charge is 0.00956 e. The van der Waals surface area contributed by atoms with Gasteiger partial charge >= 0.3 is 0 Å². The van der Waals surface area contributed by atoms with Crippen LogP contribution in [0.1, 0.15) is 51.0 Å². The van der Waals surface area contributed by atoms with E-state index in [0.717, 1.165) is 25.0 Å². The Morgan fingerprint density at radius 2 is 1.75 bits per heavy atom. The van der Waals surface area contributed by atoms with Crippen LogP contribution in [0.15, 0.2) is 30.3 Å². The van der Waals surface area contributed by atoms with E-state index < -0.39 is 0 Å². The highest BCUT2D eigenvalue weighted by Gasteiger charge is 2.25. The Morgan fingerprint density at radius 3 is 2.30 bits per heavy atom. The van der Waals surface area contributed by atoms with Gasteiger partial charge in [-0.15, -0.1) is 0 Å². The van der Waals surface area contributed by atoms with E-state index >= 15 is 0 Å². The summed E-state index contributed by atoms with van der Waals surface area (Å²) in [6.45, 7) is 7.70. The molecule has 2 heteroatoms. The molecular formula is C18H30N2. The predicted molar refractivity (Wildman–Crippen MR) is 86.9 cm³/mol. The fourth-order valence-corrected chi connectivity index (χ4v) is 3.44. The van der Waals surface area contributed by atoms with E-state index in [1.165, 1.54) is 37.8 Å². The lowest BCUT2D eigenvalue weighted by Crippen LogP contribution is -2.40. The third-order valence-electron chi connectivity index (χ3n) is 4.45. The lowest BCUT2D eigenvalue weighted by atomic mass is 9.97. The Hall–Kier alpha value is -0.860. The van der Waals surface area contributed by atoms with Crippen LogP contribution in [0.3, 0.4) is 0 Å². The van der Waals surface area contributed by atoms with E-state index in [0.29, 0.717) is 5.92 Å². The van der Waals surface area contributed by atoms with Crippen LogP contribution in [-0.2, 0) is 0 Å². The predicted octanol–water partition coefficient (Wildman–Crippen LogP) is 3.63. The van der Waals surface area contributed by atoms with Crippen molar-refractivity contribution in [3.8, 4) is 0 Å². The Bertz CT molecular complexity index is 368.